The summed E-state index contributed by atoms with van der Waals surface area (Å²) in [6.07, 6.45) is 2.55. The maximum absolute atomic E-state index is 13.6. The molecular weight excluding hydrogens is 472 g/mol. The Morgan fingerprint density at radius 1 is 0.833 bits per heavy atom. The van der Waals surface area contributed by atoms with Gasteiger partial charge in [-0.05, 0) is 11.1 Å². The number of nitro benzene ring substituents is 3. The average Bonchev–Trinajstić information content (AvgIpc) is 3.32. The summed E-state index contributed by atoms with van der Waals surface area (Å²) >= 11 is 0. The average molecular weight is 488 g/mol. The Labute approximate surface area is 202 Å². The highest BCUT2D eigenvalue weighted by molar-refractivity contribution is 5.89. The molecule has 1 aromatic heterocycles. The van der Waals surface area contributed by atoms with Crippen molar-refractivity contribution in [2.45, 2.75) is 6.54 Å². The van der Waals surface area contributed by atoms with Gasteiger partial charge in [0.1, 0.15) is 12.2 Å². The molecule has 13 nitrogen and oxygen atoms in total. The Hall–Kier alpha value is -5.46. The third kappa shape index (κ3) is 4.75. The van der Waals surface area contributed by atoms with Crippen molar-refractivity contribution in [3.05, 3.63) is 132 Å². The molecule has 4 aromatic rings. The monoisotopic (exact) mass is 488 g/mol. The van der Waals surface area contributed by atoms with Gasteiger partial charge in [0.25, 0.3) is 23.4 Å². The molecule has 0 aliphatic rings. The summed E-state index contributed by atoms with van der Waals surface area (Å²) in [5, 5.41) is 52.9. The number of non-ortho nitro benzene ring substituents is 1. The van der Waals surface area contributed by atoms with Gasteiger partial charge in [-0.3, -0.25) is 30.3 Å². The molecule has 0 fully saturated rings. The van der Waals surface area contributed by atoms with Gasteiger partial charge in [-0.1, -0.05) is 66.4 Å². The van der Waals surface area contributed by atoms with Crippen LogP contribution in [-0.4, -0.2) is 24.6 Å². The molecule has 0 aliphatic carbocycles. The van der Waals surface area contributed by atoms with Crippen molar-refractivity contribution < 1.29 is 24.4 Å². The van der Waals surface area contributed by atoms with Crippen molar-refractivity contribution in [2.75, 3.05) is 0 Å². The van der Waals surface area contributed by atoms with Crippen molar-refractivity contribution in [2.24, 2.45) is 0 Å². The fraction of sp³-hybridized carbons (Fsp3) is 0.0435. The van der Waals surface area contributed by atoms with E-state index in [4.69, 9.17) is 0 Å². The Morgan fingerprint density at radius 3 is 1.92 bits per heavy atom. The summed E-state index contributed by atoms with van der Waals surface area (Å²) in [5.74, 6) is -0.778. The lowest BCUT2D eigenvalue weighted by molar-refractivity contribution is -0.582. The molecular formula is C23H16N6O7. The van der Waals surface area contributed by atoms with E-state index in [1.807, 2.05) is 30.3 Å². The van der Waals surface area contributed by atoms with Crippen molar-refractivity contribution in [1.82, 2.24) is 9.78 Å². The van der Waals surface area contributed by atoms with E-state index in [1.54, 1.807) is 18.2 Å². The molecule has 0 saturated carbocycles. The van der Waals surface area contributed by atoms with E-state index in [1.165, 1.54) is 29.5 Å². The lowest BCUT2D eigenvalue weighted by atomic mass is 10.0. The van der Waals surface area contributed by atoms with Crippen LogP contribution in [0.3, 0.4) is 0 Å². The van der Waals surface area contributed by atoms with Gasteiger partial charge in [0, 0.05) is 5.10 Å². The van der Waals surface area contributed by atoms with E-state index in [9.17, 15) is 35.4 Å². The normalized spacial score (nSPS) is 11.6. The molecule has 36 heavy (non-hydrogen) atoms. The van der Waals surface area contributed by atoms with Gasteiger partial charge in [0.2, 0.25) is 6.33 Å². The molecule has 180 valence electrons. The Balaban J connectivity index is 2.01. The molecule has 0 saturated heterocycles. The smallest absolute Gasteiger partial charge is 0.294 e. The zero-order chi connectivity index (χ0) is 25.8. The summed E-state index contributed by atoms with van der Waals surface area (Å²) in [5.41, 5.74) is -2.93. The fourth-order valence-electron chi connectivity index (χ4n) is 3.61. The third-order valence-corrected chi connectivity index (χ3v) is 5.20. The van der Waals surface area contributed by atoms with Crippen LogP contribution in [0.4, 0.5) is 17.1 Å². The van der Waals surface area contributed by atoms with E-state index in [0.717, 1.165) is 10.1 Å². The zero-order valence-electron chi connectivity index (χ0n) is 18.3. The van der Waals surface area contributed by atoms with Gasteiger partial charge < -0.3 is 5.11 Å². The molecule has 0 N–H and O–H groups in total. The van der Waals surface area contributed by atoms with E-state index in [-0.39, 0.29) is 12.1 Å². The SMILES string of the molecule is O=[N+]([O-])c1cc([N+](=O)[O-])c(/C(=C(\[O-])c2ccccc2)[n+]2cnn(Cc3ccccc3)c2)c([N+](=O)[O-])c1. The number of rotatable bonds is 8. The minimum atomic E-state index is -0.997. The Bertz CT molecular complexity index is 1460. The zero-order valence-corrected chi connectivity index (χ0v) is 18.3. The van der Waals surface area contributed by atoms with Crippen LogP contribution < -0.4 is 9.67 Å². The van der Waals surface area contributed by atoms with Crippen molar-refractivity contribution in [3.63, 3.8) is 0 Å². The first-order valence-corrected chi connectivity index (χ1v) is 10.3. The second-order valence-corrected chi connectivity index (χ2v) is 7.51. The van der Waals surface area contributed by atoms with Crippen LogP contribution in [0.5, 0.6) is 0 Å². The Morgan fingerprint density at radius 2 is 1.39 bits per heavy atom. The molecule has 0 aliphatic heterocycles. The predicted octanol–water partition coefficient (Wildman–Crippen LogP) is 2.68. The van der Waals surface area contributed by atoms with Gasteiger partial charge in [-0.25, -0.2) is 4.57 Å². The van der Waals surface area contributed by atoms with Crippen LogP contribution in [0.2, 0.25) is 0 Å². The maximum Gasteiger partial charge on any atom is 0.294 e. The first kappa shape index (κ1) is 23.7. The van der Waals surface area contributed by atoms with E-state index in [2.05, 4.69) is 5.10 Å². The molecule has 0 radical (unpaired) electrons. The van der Waals surface area contributed by atoms with Crippen molar-refractivity contribution in [1.29, 1.82) is 0 Å². The predicted molar refractivity (Wildman–Crippen MR) is 123 cm³/mol. The largest absolute Gasteiger partial charge is 0.870 e. The van der Waals surface area contributed by atoms with Crippen LogP contribution in [0.1, 0.15) is 16.7 Å². The lowest BCUT2D eigenvalue weighted by Gasteiger charge is -2.18. The molecule has 3 aromatic carbocycles. The van der Waals surface area contributed by atoms with Crippen LogP contribution in [0.15, 0.2) is 85.5 Å². The second kappa shape index (κ2) is 9.80. The minimum Gasteiger partial charge on any atom is -0.870 e. The van der Waals surface area contributed by atoms with Crippen LogP contribution in [0, 0.1) is 30.3 Å². The topological polar surface area (TPSA) is 174 Å². The lowest BCUT2D eigenvalue weighted by Crippen LogP contribution is -2.34. The quantitative estimate of drug-likeness (QED) is 0.120. The van der Waals surface area contributed by atoms with E-state index in [0.29, 0.717) is 12.1 Å². The first-order chi connectivity index (χ1) is 17.3. The summed E-state index contributed by atoms with van der Waals surface area (Å²) in [6.45, 7) is 0.283. The maximum atomic E-state index is 13.6. The summed E-state index contributed by atoms with van der Waals surface area (Å²) in [7, 11) is 0. The highest BCUT2D eigenvalue weighted by atomic mass is 16.6. The van der Waals surface area contributed by atoms with Crippen LogP contribution in [0.25, 0.3) is 11.5 Å². The van der Waals surface area contributed by atoms with Crippen molar-refractivity contribution in [3.8, 4) is 0 Å². The highest BCUT2D eigenvalue weighted by Gasteiger charge is 2.35. The second-order valence-electron chi connectivity index (χ2n) is 7.51. The van der Waals surface area contributed by atoms with Gasteiger partial charge in [-0.15, -0.1) is 4.68 Å². The third-order valence-electron chi connectivity index (χ3n) is 5.20. The molecule has 0 unspecified atom stereocenters. The fourth-order valence-corrected chi connectivity index (χ4v) is 3.61. The summed E-state index contributed by atoms with van der Waals surface area (Å²) in [6, 6.07) is 18.0. The van der Waals surface area contributed by atoms with Crippen LogP contribution in [-0.2, 0) is 6.54 Å². The molecule has 0 amide bonds. The summed E-state index contributed by atoms with van der Waals surface area (Å²) < 4.78 is 2.58. The molecule has 4 rings (SSSR count). The van der Waals surface area contributed by atoms with Gasteiger partial charge in [-0.2, -0.15) is 0 Å². The standard InChI is InChI=1S/C23H16N6O7/c30-23(17-9-5-2-6-10-17)22(25-14-24-26(15-25)13-16-7-3-1-4-8-16)21-19(28(33)34)11-18(27(31)32)12-20(21)29(35)36/h1-12,14-15H,13H2/b23-22+. The number of hydrogen-bond acceptors (Lipinski definition) is 8. The number of nitrogens with zero attached hydrogens (tertiary/aromatic N) is 6. The van der Waals surface area contributed by atoms with E-state index < -0.39 is 48.9 Å². The molecule has 0 atom stereocenters. The van der Waals surface area contributed by atoms with Gasteiger partial charge >= 0.3 is 0 Å². The first-order valence-electron chi connectivity index (χ1n) is 10.3. The number of nitro groups is 3. The summed E-state index contributed by atoms with van der Waals surface area (Å²) in [4.78, 5) is 32.2. The van der Waals surface area contributed by atoms with E-state index >= 15 is 0 Å². The highest BCUT2D eigenvalue weighted by Crippen LogP contribution is 2.39. The molecule has 0 bridgehead atoms. The number of benzene rings is 3. The molecule has 13 heteroatoms. The Kier molecular flexibility index (Phi) is 6.45. The number of hydrogen-bond donors (Lipinski definition) is 0. The van der Waals surface area contributed by atoms with Crippen molar-refractivity contribution >= 4 is 28.5 Å². The van der Waals surface area contributed by atoms with Crippen LogP contribution >= 0.6 is 0 Å². The van der Waals surface area contributed by atoms with Gasteiger partial charge in [0.05, 0.1) is 26.9 Å². The molecule has 0 spiro atoms. The minimum absolute atomic E-state index is 0.0951. The number of aromatic nitrogens is 3. The van der Waals surface area contributed by atoms with Gasteiger partial charge in [0.15, 0.2) is 5.56 Å². The molecule has 1 heterocycles.